The Kier molecular flexibility index (Phi) is 7.55. The zero-order valence-corrected chi connectivity index (χ0v) is 17.1. The molecule has 0 spiro atoms. The summed E-state index contributed by atoms with van der Waals surface area (Å²) in [7, 11) is -1.54. The average Bonchev–Trinajstić information content (AvgIpc) is 3.08. The minimum atomic E-state index is -3.11. The molecule has 11 heteroatoms. The number of nitrogens with zero attached hydrogens (tertiary/aromatic N) is 4. The van der Waals surface area contributed by atoms with Crippen LogP contribution in [0.5, 0.6) is 0 Å². The van der Waals surface area contributed by atoms with E-state index in [0.717, 1.165) is 4.57 Å². The van der Waals surface area contributed by atoms with Crippen LogP contribution in [0, 0.1) is 0 Å². The monoisotopic (exact) mass is 402 g/mol. The van der Waals surface area contributed by atoms with E-state index in [9.17, 15) is 14.2 Å². The second kappa shape index (κ2) is 9.45. The molecule has 0 bridgehead atoms. The van der Waals surface area contributed by atoms with Crippen LogP contribution in [0.25, 0.3) is 11.2 Å². The Morgan fingerprint density at radius 3 is 2.52 bits per heavy atom. The molecular formula is C16H27N4O6P. The molecule has 152 valence electrons. The van der Waals surface area contributed by atoms with Gasteiger partial charge in [-0.15, -0.1) is 0 Å². The van der Waals surface area contributed by atoms with Gasteiger partial charge in [-0.2, -0.15) is 0 Å². The molecule has 0 saturated heterocycles. The molecule has 0 aliphatic heterocycles. The third kappa shape index (κ3) is 4.76. The van der Waals surface area contributed by atoms with E-state index in [2.05, 4.69) is 4.98 Å². The molecule has 27 heavy (non-hydrogen) atoms. The van der Waals surface area contributed by atoms with E-state index < -0.39 is 18.8 Å². The molecule has 0 aliphatic carbocycles. The van der Waals surface area contributed by atoms with Crippen molar-refractivity contribution in [1.82, 2.24) is 18.7 Å². The highest BCUT2D eigenvalue weighted by Crippen LogP contribution is 2.47. The first-order chi connectivity index (χ1) is 12.9. The van der Waals surface area contributed by atoms with Crippen molar-refractivity contribution in [2.45, 2.75) is 40.5 Å². The Labute approximate surface area is 157 Å². The fraction of sp³-hybridized carbons (Fsp3) is 0.688. The molecule has 0 amide bonds. The van der Waals surface area contributed by atoms with E-state index in [1.807, 2.05) is 6.92 Å². The number of aryl methyl sites for hydroxylation is 1. The topological polar surface area (TPSA) is 107 Å². The number of fused-ring (bicyclic) bond motifs is 1. The molecule has 2 aromatic heterocycles. The van der Waals surface area contributed by atoms with Crippen LogP contribution in [0.3, 0.4) is 0 Å². The van der Waals surface area contributed by atoms with E-state index in [0.29, 0.717) is 30.8 Å². The smallest absolute Gasteiger partial charge is 0.332 e. The zero-order chi connectivity index (χ0) is 20.0. The van der Waals surface area contributed by atoms with Crippen LogP contribution < -0.4 is 11.2 Å². The van der Waals surface area contributed by atoms with Crippen LogP contribution >= 0.6 is 7.60 Å². The fourth-order valence-corrected chi connectivity index (χ4v) is 3.89. The first-order valence-electron chi connectivity index (χ1n) is 8.99. The minimum absolute atomic E-state index is 0.122. The molecule has 2 aromatic rings. The number of imidazole rings is 1. The summed E-state index contributed by atoms with van der Waals surface area (Å²) in [4.78, 5) is 29.5. The van der Waals surface area contributed by atoms with Crippen LogP contribution in [0.15, 0.2) is 15.9 Å². The quantitative estimate of drug-likeness (QED) is 0.415. The predicted octanol–water partition coefficient (Wildman–Crippen LogP) is 1.55. The van der Waals surface area contributed by atoms with Crippen molar-refractivity contribution >= 4 is 18.8 Å². The molecule has 10 nitrogen and oxygen atoms in total. The number of rotatable bonds is 11. The predicted molar refractivity (Wildman–Crippen MR) is 101 cm³/mol. The zero-order valence-electron chi connectivity index (χ0n) is 16.2. The second-order valence-electron chi connectivity index (χ2n) is 5.84. The van der Waals surface area contributed by atoms with Crippen LogP contribution in [0.1, 0.15) is 27.2 Å². The normalized spacial score (nSPS) is 13.9. The summed E-state index contributed by atoms with van der Waals surface area (Å²) in [6, 6.07) is 0. The van der Waals surface area contributed by atoms with Crippen molar-refractivity contribution in [2.24, 2.45) is 7.05 Å². The van der Waals surface area contributed by atoms with E-state index in [1.54, 1.807) is 25.5 Å². The van der Waals surface area contributed by atoms with Gasteiger partial charge in [0.15, 0.2) is 11.2 Å². The highest BCUT2D eigenvalue weighted by Gasteiger charge is 2.21. The van der Waals surface area contributed by atoms with Gasteiger partial charge in [0.25, 0.3) is 5.56 Å². The van der Waals surface area contributed by atoms with Crippen LogP contribution in [-0.4, -0.2) is 44.7 Å². The lowest BCUT2D eigenvalue weighted by atomic mass is 10.4. The summed E-state index contributed by atoms with van der Waals surface area (Å²) in [6.07, 6.45) is 2.09. The lowest BCUT2D eigenvalue weighted by Gasteiger charge is -2.16. The Balaban J connectivity index is 2.22. The summed E-state index contributed by atoms with van der Waals surface area (Å²) in [5, 5.41) is 0. The van der Waals surface area contributed by atoms with E-state index in [1.165, 1.54) is 10.9 Å². The van der Waals surface area contributed by atoms with Crippen LogP contribution in [0.4, 0.5) is 0 Å². The average molecular weight is 402 g/mol. The third-order valence-electron chi connectivity index (χ3n) is 4.06. The Morgan fingerprint density at radius 1 is 1.15 bits per heavy atom. The maximum absolute atomic E-state index is 12.8. The molecule has 0 fully saturated rings. The summed E-state index contributed by atoms with van der Waals surface area (Å²) < 4.78 is 32.2. The summed E-state index contributed by atoms with van der Waals surface area (Å²) in [5.74, 6) is 0. The van der Waals surface area contributed by atoms with Gasteiger partial charge in [0.05, 0.1) is 19.5 Å². The number of aromatic nitrogens is 4. The SMILES string of the molecule is CCOCn1cnc2c1c(=O)n(CCCOP(=O)(CC)OCC)c(=O)n2C. The molecule has 0 radical (unpaired) electrons. The second-order valence-corrected chi connectivity index (χ2v) is 8.21. The lowest BCUT2D eigenvalue weighted by molar-refractivity contribution is 0.0903. The molecule has 0 aromatic carbocycles. The van der Waals surface area contributed by atoms with Gasteiger partial charge in [-0.05, 0) is 20.3 Å². The molecule has 0 aliphatic rings. The van der Waals surface area contributed by atoms with Crippen LogP contribution in [-0.2, 0) is 38.7 Å². The van der Waals surface area contributed by atoms with Gasteiger partial charge in [-0.1, -0.05) is 6.92 Å². The van der Waals surface area contributed by atoms with Gasteiger partial charge in [-0.25, -0.2) is 9.78 Å². The van der Waals surface area contributed by atoms with Gasteiger partial charge in [0.2, 0.25) is 0 Å². The molecular weight excluding hydrogens is 375 g/mol. The largest absolute Gasteiger partial charge is 0.361 e. The molecule has 0 saturated carbocycles. The molecule has 1 unspecified atom stereocenters. The van der Waals surface area contributed by atoms with Gasteiger partial charge in [0.1, 0.15) is 6.73 Å². The highest BCUT2D eigenvalue weighted by molar-refractivity contribution is 7.53. The molecule has 2 heterocycles. The number of hydrogen-bond donors (Lipinski definition) is 0. The first-order valence-corrected chi connectivity index (χ1v) is 10.7. The molecule has 0 N–H and O–H groups in total. The van der Waals surface area contributed by atoms with Crippen molar-refractivity contribution in [2.75, 3.05) is 26.0 Å². The van der Waals surface area contributed by atoms with Gasteiger partial charge >= 0.3 is 13.3 Å². The summed E-state index contributed by atoms with van der Waals surface area (Å²) in [5.41, 5.74) is -0.282. The van der Waals surface area contributed by atoms with Crippen molar-refractivity contribution < 1.29 is 18.3 Å². The van der Waals surface area contributed by atoms with Gasteiger partial charge in [0, 0.05) is 26.4 Å². The number of ether oxygens (including phenoxy) is 1. The van der Waals surface area contributed by atoms with Crippen molar-refractivity contribution in [3.05, 3.63) is 27.2 Å². The van der Waals surface area contributed by atoms with Crippen molar-refractivity contribution in [1.29, 1.82) is 0 Å². The number of hydrogen-bond acceptors (Lipinski definition) is 7. The lowest BCUT2D eigenvalue weighted by Crippen LogP contribution is -2.40. The Morgan fingerprint density at radius 2 is 1.89 bits per heavy atom. The Bertz CT molecular complexity index is 931. The van der Waals surface area contributed by atoms with Gasteiger partial charge < -0.3 is 18.4 Å². The van der Waals surface area contributed by atoms with E-state index in [-0.39, 0.29) is 26.0 Å². The highest BCUT2D eigenvalue weighted by atomic mass is 31.2. The maximum atomic E-state index is 12.8. The minimum Gasteiger partial charge on any atom is -0.361 e. The summed E-state index contributed by atoms with van der Waals surface area (Å²) >= 11 is 0. The Hall–Kier alpha value is -1.74. The van der Waals surface area contributed by atoms with Gasteiger partial charge in [-0.3, -0.25) is 18.5 Å². The van der Waals surface area contributed by atoms with E-state index >= 15 is 0 Å². The first kappa shape index (κ1) is 21.6. The van der Waals surface area contributed by atoms with E-state index in [4.69, 9.17) is 13.8 Å². The van der Waals surface area contributed by atoms with Crippen molar-refractivity contribution in [3.8, 4) is 0 Å². The maximum Gasteiger partial charge on any atom is 0.332 e. The molecule has 2 rings (SSSR count). The van der Waals surface area contributed by atoms with Crippen molar-refractivity contribution in [3.63, 3.8) is 0 Å². The van der Waals surface area contributed by atoms with Crippen LogP contribution in [0.2, 0.25) is 0 Å². The third-order valence-corrected chi connectivity index (χ3v) is 6.07. The summed E-state index contributed by atoms with van der Waals surface area (Å²) in [6.45, 7) is 6.55. The molecule has 1 atom stereocenters. The fourth-order valence-electron chi connectivity index (χ4n) is 2.65. The standard InChI is InChI=1S/C16H27N4O6P/c1-5-24-12-19-11-17-14-13(19)15(21)20(16(22)18(14)4)9-8-10-26-27(23,7-3)25-6-2/h11H,5-10,12H2,1-4H3.